The molecule has 0 rings (SSSR count). The summed E-state index contributed by atoms with van der Waals surface area (Å²) in [6, 6.07) is 0. The molecule has 0 aromatic heterocycles. The van der Waals surface area contributed by atoms with Crippen molar-refractivity contribution in [3.8, 4) is 0 Å². The second-order valence-electron chi connectivity index (χ2n) is 2.06. The fraction of sp³-hybridized carbons (Fsp3) is 1.00. The molecule has 2 nitrogen and oxygen atoms in total. The number of aliphatic hydroxyl groups is 1. The van der Waals surface area contributed by atoms with Gasteiger partial charge in [0.25, 0.3) is 0 Å². The van der Waals surface area contributed by atoms with Crippen molar-refractivity contribution in [2.45, 2.75) is 33.6 Å². The van der Waals surface area contributed by atoms with Crippen LogP contribution in [-0.2, 0) is 17.0 Å². The minimum absolute atomic E-state index is 0.250. The quantitative estimate of drug-likeness (QED) is 0.612. The summed E-state index contributed by atoms with van der Waals surface area (Å²) in [7, 11) is 9.78. The molecular weight excluding hydrogens is 245 g/mol. The van der Waals surface area contributed by atoms with E-state index in [1.165, 1.54) is 12.8 Å². The van der Waals surface area contributed by atoms with E-state index in [4.69, 9.17) is 23.7 Å². The summed E-state index contributed by atoms with van der Waals surface area (Å²) in [5, 5.41) is 11.8. The zero-order chi connectivity index (χ0) is 10.9. The standard InChI is InChI=1S/C6H14N.C2H6O.2ClH.Ti/c1-3-5-7-6-4-2;1-2-3;;;/h3-6H2,1-2H3;3H,2H2,1H3;2*1H;/q-1;;;;+2/p-2. The molecule has 0 spiro atoms. The third-order valence-corrected chi connectivity index (χ3v) is 0.763. The molecule has 0 atom stereocenters. The van der Waals surface area contributed by atoms with E-state index in [1.54, 1.807) is 6.92 Å². The van der Waals surface area contributed by atoms with Crippen molar-refractivity contribution in [1.82, 2.24) is 0 Å². The normalized spacial score (nSPS) is 7.54. The summed E-state index contributed by atoms with van der Waals surface area (Å²) in [5.41, 5.74) is 0. The number of hydrogen-bond donors (Lipinski definition) is 1. The van der Waals surface area contributed by atoms with E-state index in [1.807, 2.05) is 0 Å². The Bertz CT molecular complexity index is 55.4. The van der Waals surface area contributed by atoms with Gasteiger partial charge < -0.3 is 10.4 Å². The first kappa shape index (κ1) is 19.7. The molecule has 82 valence electrons. The van der Waals surface area contributed by atoms with Gasteiger partial charge in [-0.05, 0) is 6.92 Å². The van der Waals surface area contributed by atoms with E-state index in [-0.39, 0.29) is 6.61 Å². The molecule has 0 amide bonds. The van der Waals surface area contributed by atoms with Crippen LogP contribution in [0.2, 0.25) is 0 Å². The van der Waals surface area contributed by atoms with Crippen LogP contribution < -0.4 is 0 Å². The molecule has 0 bridgehead atoms. The summed E-state index contributed by atoms with van der Waals surface area (Å²) in [4.78, 5) is 0. The van der Waals surface area contributed by atoms with Crippen LogP contribution in [-0.4, -0.2) is 24.8 Å². The van der Waals surface area contributed by atoms with E-state index < -0.39 is 17.0 Å². The summed E-state index contributed by atoms with van der Waals surface area (Å²) in [5.74, 6) is 0. The number of halogens is 2. The van der Waals surface area contributed by atoms with Gasteiger partial charge in [-0.2, -0.15) is 0 Å². The Morgan fingerprint density at radius 1 is 1.08 bits per heavy atom. The predicted octanol–water partition coefficient (Wildman–Crippen LogP) is 3.56. The van der Waals surface area contributed by atoms with Gasteiger partial charge in [0.2, 0.25) is 0 Å². The van der Waals surface area contributed by atoms with Crippen molar-refractivity contribution in [2.75, 3.05) is 19.7 Å². The van der Waals surface area contributed by atoms with Gasteiger partial charge in [0.1, 0.15) is 0 Å². The molecule has 5 heteroatoms. The molecule has 0 aromatic rings. The molecule has 0 unspecified atom stereocenters. The van der Waals surface area contributed by atoms with Crippen LogP contribution in [0.1, 0.15) is 33.6 Å². The Hall–Kier alpha value is 1.21. The van der Waals surface area contributed by atoms with Crippen molar-refractivity contribution < 1.29 is 22.1 Å². The fourth-order valence-corrected chi connectivity index (χ4v) is 0.428. The minimum atomic E-state index is -0.556. The van der Waals surface area contributed by atoms with E-state index in [0.717, 1.165) is 13.1 Å². The molecule has 0 aliphatic rings. The molecule has 1 N–H and O–H groups in total. The third kappa shape index (κ3) is 61.1. The van der Waals surface area contributed by atoms with Crippen LogP contribution in [0.5, 0.6) is 0 Å². The van der Waals surface area contributed by atoms with Gasteiger partial charge in [-0.1, -0.05) is 26.7 Å². The predicted molar refractivity (Wildman–Crippen MR) is 58.1 cm³/mol. The molecule has 0 aliphatic carbocycles. The van der Waals surface area contributed by atoms with Crippen LogP contribution in [0.4, 0.5) is 0 Å². The van der Waals surface area contributed by atoms with Gasteiger partial charge in [0.05, 0.1) is 0 Å². The van der Waals surface area contributed by atoms with E-state index >= 15 is 0 Å². The molecule has 0 saturated heterocycles. The molecule has 0 heterocycles. The topological polar surface area (TPSA) is 34.3 Å². The molecule has 0 saturated carbocycles. The van der Waals surface area contributed by atoms with E-state index in [2.05, 4.69) is 19.2 Å². The third-order valence-electron chi connectivity index (χ3n) is 0.763. The SMILES string of the molecule is CCC[N-]CCC.CCO.[Cl][Ti][Cl]. The summed E-state index contributed by atoms with van der Waals surface area (Å²) >= 11 is -0.556. The molecule has 13 heavy (non-hydrogen) atoms. The number of hydrogen-bond acceptors (Lipinski definition) is 1. The Balaban J connectivity index is -0.000000140. The van der Waals surface area contributed by atoms with Crippen molar-refractivity contribution in [1.29, 1.82) is 0 Å². The van der Waals surface area contributed by atoms with Crippen LogP contribution in [0.25, 0.3) is 5.32 Å². The van der Waals surface area contributed by atoms with Gasteiger partial charge in [-0.3, -0.25) is 0 Å². The first-order valence-corrected chi connectivity index (χ1v) is 8.75. The van der Waals surface area contributed by atoms with Gasteiger partial charge in [0, 0.05) is 6.61 Å². The van der Waals surface area contributed by atoms with Crippen molar-refractivity contribution in [3.63, 3.8) is 0 Å². The maximum atomic E-state index is 7.57. The van der Waals surface area contributed by atoms with Crippen molar-refractivity contribution in [3.05, 3.63) is 5.32 Å². The first-order chi connectivity index (χ1) is 6.24. The Labute approximate surface area is 99.1 Å². The maximum absolute atomic E-state index is 7.57. The van der Waals surface area contributed by atoms with Gasteiger partial charge in [0.15, 0.2) is 0 Å². The van der Waals surface area contributed by atoms with Crippen LogP contribution in [0.3, 0.4) is 0 Å². The van der Waals surface area contributed by atoms with Crippen molar-refractivity contribution in [2.24, 2.45) is 0 Å². The Morgan fingerprint density at radius 2 is 1.31 bits per heavy atom. The van der Waals surface area contributed by atoms with Crippen LogP contribution in [0.15, 0.2) is 0 Å². The number of nitrogens with zero attached hydrogens (tertiary/aromatic N) is 1. The zero-order valence-corrected chi connectivity index (χ0v) is 11.8. The molecule has 0 radical (unpaired) electrons. The summed E-state index contributed by atoms with van der Waals surface area (Å²) in [6.07, 6.45) is 2.39. The van der Waals surface area contributed by atoms with Gasteiger partial charge in [-0.25, -0.2) is 0 Å². The second kappa shape index (κ2) is 29.2. The van der Waals surface area contributed by atoms with Crippen LogP contribution in [0, 0.1) is 0 Å². The van der Waals surface area contributed by atoms with Gasteiger partial charge >= 0.3 is 35.6 Å². The Morgan fingerprint density at radius 3 is 1.46 bits per heavy atom. The first-order valence-electron chi connectivity index (χ1n) is 4.45. The number of aliphatic hydroxyl groups excluding tert-OH is 1. The average molecular weight is 265 g/mol. The Kier molecular flexibility index (Phi) is 44.4. The fourth-order valence-electron chi connectivity index (χ4n) is 0.428. The van der Waals surface area contributed by atoms with Crippen molar-refractivity contribution >= 4 is 18.6 Å². The average Bonchev–Trinajstić information content (AvgIpc) is 2.08. The van der Waals surface area contributed by atoms with Crippen LogP contribution >= 0.6 is 18.6 Å². The molecular formula is C8H20Cl2NOTi-. The van der Waals surface area contributed by atoms with Gasteiger partial charge in [-0.15, -0.1) is 13.1 Å². The zero-order valence-electron chi connectivity index (χ0n) is 8.69. The number of rotatable bonds is 4. The molecule has 0 aliphatic heterocycles. The molecule has 0 fully saturated rings. The summed E-state index contributed by atoms with van der Waals surface area (Å²) < 4.78 is 0. The summed E-state index contributed by atoms with van der Waals surface area (Å²) in [6.45, 7) is 8.33. The monoisotopic (exact) mass is 264 g/mol. The van der Waals surface area contributed by atoms with E-state index in [9.17, 15) is 0 Å². The second-order valence-corrected chi connectivity index (χ2v) is 4.64. The molecule has 0 aromatic carbocycles. The van der Waals surface area contributed by atoms with E-state index in [0.29, 0.717) is 0 Å².